The van der Waals surface area contributed by atoms with Gasteiger partial charge < -0.3 is 12.9 Å². The normalized spacial score (nSPS) is 15.8. The van der Waals surface area contributed by atoms with Crippen molar-refractivity contribution >= 4 is 18.2 Å². The Morgan fingerprint density at radius 2 is 1.86 bits per heavy atom. The molecule has 0 amide bonds. The first-order valence-electron chi connectivity index (χ1n) is 4.34. The van der Waals surface area contributed by atoms with E-state index >= 15 is 0 Å². The van der Waals surface area contributed by atoms with Gasteiger partial charge >= 0.3 is 6.98 Å². The van der Waals surface area contributed by atoms with Crippen molar-refractivity contribution in [2.45, 2.75) is 12.8 Å². The van der Waals surface area contributed by atoms with Gasteiger partial charge in [0.2, 0.25) is 0 Å². The van der Waals surface area contributed by atoms with Crippen LogP contribution in [0.4, 0.5) is 12.9 Å². The van der Waals surface area contributed by atoms with Crippen molar-refractivity contribution in [3.63, 3.8) is 0 Å². The van der Waals surface area contributed by atoms with E-state index in [1.54, 1.807) is 0 Å². The van der Waals surface area contributed by atoms with Gasteiger partial charge in [-0.1, -0.05) is 18.2 Å². The zero-order valence-electron chi connectivity index (χ0n) is 7.27. The molecule has 0 bridgehead atoms. The van der Waals surface area contributed by atoms with E-state index in [1.807, 2.05) is 0 Å². The molecule has 0 fully saturated rings. The smallest absolute Gasteiger partial charge is 0.445 e. The standard InChI is InChI=1S/C9H7BF3O/c11-10(12,13)7-2-3-8-6(5-7)1-4-9(8)14/h2-3,5H,1,4H2/q-1. The van der Waals surface area contributed by atoms with Gasteiger partial charge in [0.05, 0.1) is 0 Å². The third-order valence-electron chi connectivity index (χ3n) is 2.43. The summed E-state index contributed by atoms with van der Waals surface area (Å²) in [4.78, 5) is 11.2. The Balaban J connectivity index is 2.47. The van der Waals surface area contributed by atoms with Gasteiger partial charge in [-0.2, -0.15) is 0 Å². The van der Waals surface area contributed by atoms with Crippen molar-refractivity contribution in [3.05, 3.63) is 29.3 Å². The molecular formula is C9H7BF3O-. The Morgan fingerprint density at radius 1 is 1.14 bits per heavy atom. The first-order chi connectivity index (χ1) is 6.48. The van der Waals surface area contributed by atoms with Gasteiger partial charge in [-0.3, -0.25) is 4.79 Å². The average Bonchev–Trinajstić information content (AvgIpc) is 2.46. The SMILES string of the molecule is O=C1CCc2cc([B-](F)(F)F)ccc21. The summed E-state index contributed by atoms with van der Waals surface area (Å²) in [5, 5.41) is 0. The third-order valence-corrected chi connectivity index (χ3v) is 2.43. The number of rotatable bonds is 1. The van der Waals surface area contributed by atoms with Gasteiger partial charge in [0.1, 0.15) is 0 Å². The van der Waals surface area contributed by atoms with Gasteiger partial charge in [0.15, 0.2) is 5.78 Å². The lowest BCUT2D eigenvalue weighted by Crippen LogP contribution is -2.34. The predicted octanol–water partition coefficient (Wildman–Crippen LogP) is 1.87. The highest BCUT2D eigenvalue weighted by Gasteiger charge is 2.28. The Morgan fingerprint density at radius 3 is 2.50 bits per heavy atom. The molecule has 0 aliphatic heterocycles. The van der Waals surface area contributed by atoms with E-state index in [4.69, 9.17) is 0 Å². The molecule has 1 aromatic rings. The number of hydrogen-bond acceptors (Lipinski definition) is 1. The maximum Gasteiger partial charge on any atom is 0.509 e. The summed E-state index contributed by atoms with van der Waals surface area (Å²) in [6.45, 7) is -4.94. The minimum atomic E-state index is -4.94. The second kappa shape index (κ2) is 2.87. The number of Topliss-reactive ketones (excluding diaryl/α,β-unsaturated/α-hetero) is 1. The van der Waals surface area contributed by atoms with Crippen LogP contribution < -0.4 is 5.46 Å². The van der Waals surface area contributed by atoms with Crippen LogP contribution in [0.3, 0.4) is 0 Å². The number of halogens is 3. The Labute approximate surface area is 79.0 Å². The van der Waals surface area contributed by atoms with Crippen LogP contribution in [-0.2, 0) is 6.42 Å². The molecule has 2 rings (SSSR count). The lowest BCUT2D eigenvalue weighted by molar-refractivity contribution is 0.0994. The molecule has 1 aliphatic carbocycles. The summed E-state index contributed by atoms with van der Waals surface area (Å²) in [6.07, 6.45) is 0.776. The minimum absolute atomic E-state index is 0.0544. The molecule has 0 radical (unpaired) electrons. The summed E-state index contributed by atoms with van der Waals surface area (Å²) in [5.74, 6) is -0.0544. The number of fused-ring (bicyclic) bond motifs is 1. The average molecular weight is 199 g/mol. The summed E-state index contributed by atoms with van der Waals surface area (Å²) in [5.41, 5.74) is 0.374. The Hall–Kier alpha value is -1.26. The highest BCUT2D eigenvalue weighted by molar-refractivity contribution is 6.73. The van der Waals surface area contributed by atoms with Crippen molar-refractivity contribution in [1.29, 1.82) is 0 Å². The highest BCUT2D eigenvalue weighted by Crippen LogP contribution is 2.22. The third kappa shape index (κ3) is 1.43. The fraction of sp³-hybridized carbons (Fsp3) is 0.222. The maximum atomic E-state index is 12.3. The van der Waals surface area contributed by atoms with E-state index in [1.165, 1.54) is 6.07 Å². The quantitative estimate of drug-likeness (QED) is 0.631. The second-order valence-electron chi connectivity index (χ2n) is 3.41. The van der Waals surface area contributed by atoms with Gasteiger partial charge in [-0.15, -0.1) is 5.46 Å². The fourth-order valence-electron chi connectivity index (χ4n) is 1.68. The van der Waals surface area contributed by atoms with E-state index in [2.05, 4.69) is 0 Å². The summed E-state index contributed by atoms with van der Waals surface area (Å²) in [6, 6.07) is 3.37. The first-order valence-corrected chi connectivity index (χ1v) is 4.34. The lowest BCUT2D eigenvalue weighted by Gasteiger charge is -2.15. The topological polar surface area (TPSA) is 17.1 Å². The second-order valence-corrected chi connectivity index (χ2v) is 3.41. The molecule has 0 spiro atoms. The Bertz CT molecular complexity index is 398. The van der Waals surface area contributed by atoms with E-state index in [0.717, 1.165) is 12.1 Å². The molecule has 0 saturated carbocycles. The highest BCUT2D eigenvalue weighted by atomic mass is 19.4. The molecule has 0 unspecified atom stereocenters. The van der Waals surface area contributed by atoms with Gasteiger partial charge in [0, 0.05) is 12.0 Å². The number of ketones is 1. The van der Waals surface area contributed by atoms with Crippen LogP contribution in [0.1, 0.15) is 22.3 Å². The van der Waals surface area contributed by atoms with Crippen LogP contribution in [0.15, 0.2) is 18.2 Å². The molecule has 0 saturated heterocycles. The molecule has 5 heteroatoms. The molecule has 14 heavy (non-hydrogen) atoms. The predicted molar refractivity (Wildman–Crippen MR) is 47.8 cm³/mol. The van der Waals surface area contributed by atoms with Gasteiger partial charge in [0.25, 0.3) is 0 Å². The summed E-state index contributed by atoms with van der Waals surface area (Å²) < 4.78 is 37.0. The molecule has 1 aromatic carbocycles. The number of carbonyl (C=O) groups is 1. The van der Waals surface area contributed by atoms with Crippen LogP contribution >= 0.6 is 0 Å². The van der Waals surface area contributed by atoms with Crippen molar-refractivity contribution in [3.8, 4) is 0 Å². The fourth-order valence-corrected chi connectivity index (χ4v) is 1.68. The van der Waals surface area contributed by atoms with E-state index in [0.29, 0.717) is 24.0 Å². The summed E-state index contributed by atoms with van der Waals surface area (Å²) in [7, 11) is 0. The maximum absolute atomic E-state index is 12.3. The number of carbonyl (C=O) groups excluding carboxylic acids is 1. The van der Waals surface area contributed by atoms with Crippen LogP contribution in [0, 0.1) is 0 Å². The Kier molecular flexibility index (Phi) is 1.91. The van der Waals surface area contributed by atoms with E-state index < -0.39 is 12.4 Å². The molecule has 1 aliphatic rings. The van der Waals surface area contributed by atoms with Crippen LogP contribution in [0.2, 0.25) is 0 Å². The minimum Gasteiger partial charge on any atom is -0.445 e. The number of benzene rings is 1. The van der Waals surface area contributed by atoms with Crippen LogP contribution in [-0.4, -0.2) is 12.8 Å². The monoisotopic (exact) mass is 199 g/mol. The van der Waals surface area contributed by atoms with Crippen molar-refractivity contribution in [2.24, 2.45) is 0 Å². The van der Waals surface area contributed by atoms with Crippen molar-refractivity contribution in [1.82, 2.24) is 0 Å². The van der Waals surface area contributed by atoms with E-state index in [-0.39, 0.29) is 5.78 Å². The summed E-state index contributed by atoms with van der Waals surface area (Å²) >= 11 is 0. The number of hydrogen-bond donors (Lipinski definition) is 0. The number of aryl methyl sites for hydroxylation is 1. The first kappa shape index (κ1) is 9.31. The molecule has 0 aromatic heterocycles. The van der Waals surface area contributed by atoms with Crippen molar-refractivity contribution in [2.75, 3.05) is 0 Å². The van der Waals surface area contributed by atoms with E-state index in [9.17, 15) is 17.7 Å². The zero-order valence-corrected chi connectivity index (χ0v) is 7.27. The van der Waals surface area contributed by atoms with Crippen LogP contribution in [0.25, 0.3) is 0 Å². The molecule has 74 valence electrons. The van der Waals surface area contributed by atoms with Gasteiger partial charge in [-0.05, 0) is 12.0 Å². The molecule has 0 atom stereocenters. The largest absolute Gasteiger partial charge is 0.509 e. The zero-order chi connectivity index (χ0) is 10.3. The van der Waals surface area contributed by atoms with Crippen LogP contribution in [0.5, 0.6) is 0 Å². The van der Waals surface area contributed by atoms with Crippen molar-refractivity contribution < 1.29 is 17.7 Å². The molecule has 0 N–H and O–H groups in total. The molecular weight excluding hydrogens is 192 g/mol. The molecule has 1 nitrogen and oxygen atoms in total. The van der Waals surface area contributed by atoms with Gasteiger partial charge in [-0.25, -0.2) is 0 Å². The lowest BCUT2D eigenvalue weighted by atomic mass is 9.79. The molecule has 0 heterocycles.